The van der Waals surface area contributed by atoms with Crippen molar-refractivity contribution in [2.24, 2.45) is 11.3 Å². The van der Waals surface area contributed by atoms with Crippen molar-refractivity contribution in [1.82, 2.24) is 24.7 Å². The van der Waals surface area contributed by atoms with E-state index in [0.29, 0.717) is 37.8 Å². The van der Waals surface area contributed by atoms with Crippen LogP contribution in [0.3, 0.4) is 0 Å². The molecule has 1 N–H and O–H groups in total. The summed E-state index contributed by atoms with van der Waals surface area (Å²) in [4.78, 5) is 48.7. The van der Waals surface area contributed by atoms with E-state index in [4.69, 9.17) is 0 Å². The van der Waals surface area contributed by atoms with Gasteiger partial charge in [-0.1, -0.05) is 73.5 Å². The van der Waals surface area contributed by atoms with Crippen molar-refractivity contribution in [3.63, 3.8) is 0 Å². The molecule has 2 saturated carbocycles. The normalized spacial score (nSPS) is 23.7. The van der Waals surface area contributed by atoms with Gasteiger partial charge in [0, 0.05) is 72.7 Å². The first-order valence-corrected chi connectivity index (χ1v) is 16.8. The number of hydrogen-bond acceptors (Lipinski definition) is 5. The maximum absolute atomic E-state index is 14.3. The van der Waals surface area contributed by atoms with Gasteiger partial charge < -0.3 is 25.8 Å². The Hall–Kier alpha value is -3.42. The van der Waals surface area contributed by atoms with Gasteiger partial charge in [-0.2, -0.15) is 12.8 Å². The first-order valence-electron chi connectivity index (χ1n) is 16.8. The summed E-state index contributed by atoms with van der Waals surface area (Å²) >= 11 is 0. The van der Waals surface area contributed by atoms with E-state index < -0.39 is 0 Å². The van der Waals surface area contributed by atoms with Crippen molar-refractivity contribution in [3.8, 4) is 11.3 Å². The Balaban J connectivity index is 0.00000372. The average Bonchev–Trinajstić information content (AvgIpc) is 3.84. The van der Waals surface area contributed by atoms with Gasteiger partial charge in [-0.25, -0.2) is 9.78 Å². The van der Waals surface area contributed by atoms with Crippen molar-refractivity contribution in [3.05, 3.63) is 94.9 Å². The Morgan fingerprint density at radius 3 is 2.37 bits per heavy atom. The Kier molecular flexibility index (Phi) is 10.0. The minimum atomic E-state index is -0.0290. The molecule has 0 bridgehead atoms. The fraction of sp³-hybridized carbons (Fsp3) is 0.486. The zero-order chi connectivity index (χ0) is 30.8. The van der Waals surface area contributed by atoms with Gasteiger partial charge in [0.2, 0.25) is 0 Å². The quantitative estimate of drug-likeness (QED) is 0.249. The van der Waals surface area contributed by atoms with E-state index in [9.17, 15) is 14.4 Å². The van der Waals surface area contributed by atoms with Crippen molar-refractivity contribution in [1.29, 1.82) is 0 Å². The molecule has 0 radical (unpaired) electrons. The smallest absolute Gasteiger partial charge is 0.320 e. The second-order valence-corrected chi connectivity index (χ2v) is 13.6. The molecule has 1 unspecified atom stereocenters. The predicted molar refractivity (Wildman–Crippen MR) is 174 cm³/mol. The molecule has 2 saturated heterocycles. The molecule has 2 aliphatic carbocycles. The predicted octanol–water partition coefficient (Wildman–Crippen LogP) is 5.64. The van der Waals surface area contributed by atoms with E-state index in [0.717, 1.165) is 68.5 Å². The molecule has 4 fully saturated rings. The number of aromatic nitrogens is 2. The van der Waals surface area contributed by atoms with Crippen LogP contribution in [0.5, 0.6) is 0 Å². The fourth-order valence-corrected chi connectivity index (χ4v) is 8.12. The monoisotopic (exact) mass is 664 g/mol. The number of rotatable bonds is 8. The van der Waals surface area contributed by atoms with Crippen molar-refractivity contribution in [2.45, 2.75) is 76.4 Å². The van der Waals surface area contributed by atoms with Gasteiger partial charge in [0.25, 0.3) is 5.56 Å². The maximum atomic E-state index is 14.3. The third kappa shape index (κ3) is 6.96. The number of piperidine rings is 2. The number of amides is 2. The number of hydrogen-bond donors (Lipinski definition) is 1. The molecule has 1 spiro atoms. The summed E-state index contributed by atoms with van der Waals surface area (Å²) in [6.45, 7) is 3.15. The van der Waals surface area contributed by atoms with Crippen LogP contribution in [0.4, 0.5) is 4.79 Å². The molecule has 2 aromatic carbocycles. The molecule has 2 amide bonds. The van der Waals surface area contributed by atoms with Crippen LogP contribution in [0, 0.1) is 17.3 Å². The van der Waals surface area contributed by atoms with Crippen molar-refractivity contribution >= 4 is 11.8 Å². The van der Waals surface area contributed by atoms with E-state index in [2.05, 4.69) is 32.2 Å². The van der Waals surface area contributed by atoms with Crippen molar-refractivity contribution in [2.75, 3.05) is 26.2 Å². The summed E-state index contributed by atoms with van der Waals surface area (Å²) in [6.07, 6.45) is 10.7. The zero-order valence-corrected chi connectivity index (χ0v) is 27.4. The van der Waals surface area contributed by atoms with Crippen LogP contribution in [-0.2, 0) is 27.8 Å². The zero-order valence-electron chi connectivity index (χ0n) is 26.4. The van der Waals surface area contributed by atoms with Crippen LogP contribution in [0.1, 0.15) is 69.4 Å². The number of benzene rings is 2. The van der Waals surface area contributed by atoms with E-state index in [-0.39, 0.29) is 51.4 Å². The Labute approximate surface area is 281 Å². The number of ketones is 1. The van der Waals surface area contributed by atoms with Gasteiger partial charge in [-0.15, -0.1) is 0 Å². The number of likely N-dealkylation sites (tertiary alicyclic amines) is 2. The molecule has 8 nitrogen and oxygen atoms in total. The van der Waals surface area contributed by atoms with Crippen molar-refractivity contribution < 1.29 is 26.1 Å². The van der Waals surface area contributed by atoms with Gasteiger partial charge in [-0.05, 0) is 49.0 Å². The number of nitrogens with one attached hydrogen (secondary N) is 1. The number of carbonyl (C=O) groups excluding carboxylic acids is 2. The first kappa shape index (κ1) is 32.5. The third-order valence-corrected chi connectivity index (χ3v) is 10.8. The molecule has 9 heteroatoms. The van der Waals surface area contributed by atoms with Crippen LogP contribution in [-0.4, -0.2) is 63.4 Å². The maximum Gasteiger partial charge on any atom is 0.320 e. The summed E-state index contributed by atoms with van der Waals surface area (Å²) in [5, 5.41) is 3.51. The number of carbonyl (C=O) groups is 2. The topological polar surface area (TPSA) is 87.5 Å². The first-order chi connectivity index (χ1) is 22.0. The summed E-state index contributed by atoms with van der Waals surface area (Å²) < 4.78 is 1.78. The molecule has 46 heavy (non-hydrogen) atoms. The van der Waals surface area contributed by atoms with Crippen LogP contribution >= 0.6 is 0 Å². The molecule has 3 atom stereocenters. The number of Topliss-reactive ketones (excluding diaryl/α,β-unsaturated/α-hetero) is 1. The van der Waals surface area contributed by atoms with E-state index in [1.54, 1.807) is 17.0 Å². The molecule has 7 rings (SSSR count). The summed E-state index contributed by atoms with van der Waals surface area (Å²) in [5.74, 6) is 1.64. The third-order valence-electron chi connectivity index (χ3n) is 10.8. The molecule has 4 aliphatic rings. The standard InChI is InChI=1S/C37H44N5O3.Ni/c43-34(29-13-14-29)23-38-31-16-20-42(33(21-31)28-11-5-2-6-12-28)36(45)40-19-15-30(37(25-40)17-7-8-18-37)24-41-26-39-32(22-35(41)44)27-9-3-1-4-10-27;/h1-6,9-12,22,26,30-31,33,38H,7-8,13-21,23-25H2;/q-1;/t30-,31?,33-;/m0./s1. The van der Waals surface area contributed by atoms with E-state index in [1.165, 1.54) is 12.8 Å². The van der Waals surface area contributed by atoms with Crippen LogP contribution in [0.15, 0.2) is 77.9 Å². The fourth-order valence-electron chi connectivity index (χ4n) is 8.12. The largest absolute Gasteiger partial charge is 0.333 e. The number of nitrogens with zero attached hydrogens (tertiary/aromatic N) is 4. The van der Waals surface area contributed by atoms with Crippen LogP contribution < -0.4 is 10.9 Å². The Morgan fingerprint density at radius 1 is 0.957 bits per heavy atom. The number of urea groups is 1. The molecule has 3 aromatic rings. The molecule has 246 valence electrons. The summed E-state index contributed by atoms with van der Waals surface area (Å²) in [7, 11) is 0. The second-order valence-electron chi connectivity index (χ2n) is 13.6. The molecular weight excluding hydrogens is 621 g/mol. The van der Waals surface area contributed by atoms with Gasteiger partial charge in [0.05, 0.1) is 18.1 Å². The second kappa shape index (κ2) is 14.1. The molecule has 2 aliphatic heterocycles. The van der Waals surface area contributed by atoms with Gasteiger partial charge in [0.1, 0.15) is 0 Å². The molecule has 1 aromatic heterocycles. The van der Waals surface area contributed by atoms with Crippen LogP contribution in [0.25, 0.3) is 11.3 Å². The Morgan fingerprint density at radius 2 is 1.67 bits per heavy atom. The van der Waals surface area contributed by atoms with Gasteiger partial charge >= 0.3 is 6.03 Å². The SMILES string of the molecule is O=C(CNC1CCN(C(=O)N2CC[C@@H](Cn3cnc(-c4ccccc4)cc3=O)C3(CCCC3)C2)[C@H](c2ccccc2)C1)[C-]1CC1.[Ni]. The van der Waals surface area contributed by atoms with E-state index in [1.807, 2.05) is 48.5 Å². The minimum absolute atomic E-state index is 0. The van der Waals surface area contributed by atoms with E-state index >= 15 is 0 Å². The average molecular weight is 665 g/mol. The van der Waals surface area contributed by atoms with Gasteiger partial charge in [0.15, 0.2) is 0 Å². The Bertz CT molecular complexity index is 1550. The summed E-state index contributed by atoms with van der Waals surface area (Å²) in [5.41, 5.74) is 2.80. The van der Waals surface area contributed by atoms with Gasteiger partial charge in [-0.3, -0.25) is 9.36 Å². The summed E-state index contributed by atoms with van der Waals surface area (Å²) in [6, 6.07) is 22.1. The minimum Gasteiger partial charge on any atom is -0.333 e. The van der Waals surface area contributed by atoms with Crippen LogP contribution in [0.2, 0.25) is 0 Å². The molecular formula is C37H44N5NiO3-. The molecule has 3 heterocycles.